The van der Waals surface area contributed by atoms with Crippen LogP contribution in [0.15, 0.2) is 24.3 Å². The van der Waals surface area contributed by atoms with Crippen molar-refractivity contribution in [3.63, 3.8) is 0 Å². The molecule has 0 aromatic heterocycles. The van der Waals surface area contributed by atoms with E-state index in [1.165, 1.54) is 14.0 Å². The van der Waals surface area contributed by atoms with Gasteiger partial charge in [-0.15, -0.1) is 0 Å². The number of cyclic esters (lactones) is 1. The molecule has 2 fully saturated rings. The summed E-state index contributed by atoms with van der Waals surface area (Å²) < 4.78 is 48.4. The van der Waals surface area contributed by atoms with Crippen LogP contribution >= 0.6 is 0 Å². The number of carbonyl (C=O) groups is 4. The minimum Gasteiger partial charge on any atom is -0.462 e. The quantitative estimate of drug-likeness (QED) is 0.147. The van der Waals surface area contributed by atoms with Gasteiger partial charge in [-0.1, -0.05) is 38.2 Å². The number of aliphatic hydroxyl groups is 3. The summed E-state index contributed by atoms with van der Waals surface area (Å²) in [6.45, 7) is 11.6. The maximum atomic E-state index is 13.2. The third-order valence-corrected chi connectivity index (χ3v) is 10.8. The topological polar surface area (TPSA) is 206 Å². The van der Waals surface area contributed by atoms with Gasteiger partial charge in [-0.3, -0.25) is 14.4 Å². The highest BCUT2D eigenvalue weighted by Gasteiger charge is 2.53. The molecule has 3 aliphatic rings. The number of esters is 3. The summed E-state index contributed by atoms with van der Waals surface area (Å²) in [5, 5.41) is 34.5. The predicted octanol–water partition coefficient (Wildman–Crippen LogP) is 2.77. The Morgan fingerprint density at radius 3 is 2.32 bits per heavy atom. The van der Waals surface area contributed by atoms with Crippen molar-refractivity contribution in [2.75, 3.05) is 21.2 Å². The second-order valence-electron chi connectivity index (χ2n) is 16.1. The first-order chi connectivity index (χ1) is 26.8. The molecule has 3 rings (SSSR count). The van der Waals surface area contributed by atoms with Crippen LogP contribution in [0.5, 0.6) is 0 Å². The number of allylic oxidation sites excluding steroid dienone is 2. The van der Waals surface area contributed by atoms with Gasteiger partial charge in [0.25, 0.3) is 0 Å². The van der Waals surface area contributed by atoms with Gasteiger partial charge in [-0.2, -0.15) is 0 Å². The fraction of sp³-hybridized carbons (Fsp3) is 0.805. The zero-order valence-electron chi connectivity index (χ0n) is 35.2. The van der Waals surface area contributed by atoms with Crippen LogP contribution < -0.4 is 0 Å². The van der Waals surface area contributed by atoms with Gasteiger partial charge in [0, 0.05) is 39.7 Å². The van der Waals surface area contributed by atoms with E-state index >= 15 is 0 Å². The molecule has 0 saturated carbocycles. The van der Waals surface area contributed by atoms with E-state index in [1.807, 2.05) is 13.8 Å². The van der Waals surface area contributed by atoms with E-state index in [1.54, 1.807) is 71.0 Å². The molecule has 0 aliphatic carbocycles. The highest BCUT2D eigenvalue weighted by molar-refractivity contribution is 5.72. The lowest BCUT2D eigenvalue weighted by molar-refractivity contribution is -0.344. The van der Waals surface area contributed by atoms with Gasteiger partial charge in [-0.25, -0.2) is 0 Å². The zero-order valence-corrected chi connectivity index (χ0v) is 35.2. The number of aldehydes is 1. The Hall–Kier alpha value is -2.80. The molecule has 0 unspecified atom stereocenters. The maximum absolute atomic E-state index is 13.2. The summed E-state index contributed by atoms with van der Waals surface area (Å²) in [5.74, 6) is -2.88. The molecule has 16 heteroatoms. The molecule has 3 heterocycles. The molecule has 0 amide bonds. The molecule has 3 N–H and O–H groups in total. The first-order valence-electron chi connectivity index (χ1n) is 20.1. The number of aliphatic hydroxyl groups excluding tert-OH is 2. The van der Waals surface area contributed by atoms with Crippen molar-refractivity contribution >= 4 is 24.2 Å². The van der Waals surface area contributed by atoms with Gasteiger partial charge < -0.3 is 62.9 Å². The molecule has 0 bridgehead atoms. The first-order valence-corrected chi connectivity index (χ1v) is 20.1. The summed E-state index contributed by atoms with van der Waals surface area (Å²) in [7, 11) is 4.85. The third-order valence-electron chi connectivity index (χ3n) is 10.8. The minimum absolute atomic E-state index is 0.0416. The van der Waals surface area contributed by atoms with Crippen molar-refractivity contribution in [3.05, 3.63) is 24.3 Å². The summed E-state index contributed by atoms with van der Waals surface area (Å²) in [6.07, 6.45) is -3.45. The van der Waals surface area contributed by atoms with Gasteiger partial charge >= 0.3 is 17.9 Å². The average Bonchev–Trinajstić information content (AvgIpc) is 3.10. The molecule has 57 heavy (non-hydrogen) atoms. The largest absolute Gasteiger partial charge is 0.462 e. The lowest BCUT2D eigenvalue weighted by Crippen LogP contribution is -2.66. The molecule has 326 valence electrons. The van der Waals surface area contributed by atoms with Gasteiger partial charge in [0.15, 0.2) is 18.7 Å². The van der Waals surface area contributed by atoms with E-state index in [9.17, 15) is 34.5 Å². The van der Waals surface area contributed by atoms with Crippen LogP contribution in [0.25, 0.3) is 0 Å². The van der Waals surface area contributed by atoms with E-state index in [-0.39, 0.29) is 25.7 Å². The van der Waals surface area contributed by atoms with Crippen LogP contribution in [-0.2, 0) is 57.1 Å². The Morgan fingerprint density at radius 2 is 1.72 bits per heavy atom. The van der Waals surface area contributed by atoms with Crippen molar-refractivity contribution in [1.29, 1.82) is 0 Å². The van der Waals surface area contributed by atoms with E-state index in [4.69, 9.17) is 37.9 Å². The molecule has 2 saturated heterocycles. The molecule has 16 atom stereocenters. The fourth-order valence-corrected chi connectivity index (χ4v) is 7.96. The summed E-state index contributed by atoms with van der Waals surface area (Å²) in [6, 6.07) is -0.779. The fourth-order valence-electron chi connectivity index (χ4n) is 7.96. The highest BCUT2D eigenvalue weighted by Crippen LogP contribution is 2.37. The Bertz CT molecular complexity index is 1350. The minimum atomic E-state index is -1.49. The molecule has 3 aliphatic heterocycles. The van der Waals surface area contributed by atoms with Gasteiger partial charge in [0.2, 0.25) is 0 Å². The molecule has 0 aromatic rings. The Morgan fingerprint density at radius 1 is 1.02 bits per heavy atom. The molecule has 0 spiro atoms. The normalized spacial score (nSPS) is 41.1. The monoisotopic (exact) mass is 813 g/mol. The summed E-state index contributed by atoms with van der Waals surface area (Å²) in [5.41, 5.74) is -1.49. The number of hydrogen-bond acceptors (Lipinski definition) is 16. The first kappa shape index (κ1) is 48.6. The second-order valence-corrected chi connectivity index (χ2v) is 16.1. The van der Waals surface area contributed by atoms with Crippen molar-refractivity contribution in [3.8, 4) is 0 Å². The SMILES string of the molecule is CCCC(=O)O[C@H]1[C@H](C)O[C@@H](O[C@H]2[C@H](N(C)C)[C@@H](O)[C@H](O[C@H]3[C@@H](CC=O)C[C@@H](C)[C@@H](O)/C=C\C=C\C[C@@H](C)OC(=O)C[C@@H](OC(C)=O)[C@@H]3OC)O[C@@H]2C)C[C@@]1(C)O. The smallest absolute Gasteiger partial charge is 0.309 e. The van der Waals surface area contributed by atoms with Gasteiger partial charge in [0.05, 0.1) is 36.9 Å². The zero-order chi connectivity index (χ0) is 42.6. The third kappa shape index (κ3) is 13.9. The van der Waals surface area contributed by atoms with Crippen LogP contribution in [0.3, 0.4) is 0 Å². The van der Waals surface area contributed by atoms with Crippen molar-refractivity contribution in [2.45, 2.75) is 179 Å². The summed E-state index contributed by atoms with van der Waals surface area (Å²) >= 11 is 0. The van der Waals surface area contributed by atoms with Crippen molar-refractivity contribution < 1.29 is 72.4 Å². The molecule has 16 nitrogen and oxygen atoms in total. The number of nitrogens with zero attached hydrogens (tertiary/aromatic N) is 1. The lowest BCUT2D eigenvalue weighted by Gasteiger charge is -2.50. The van der Waals surface area contributed by atoms with E-state index < -0.39 is 121 Å². The molecular formula is C41H67NO15. The average molecular weight is 814 g/mol. The van der Waals surface area contributed by atoms with Crippen molar-refractivity contribution in [1.82, 2.24) is 4.90 Å². The number of ether oxygens (including phenoxy) is 8. The van der Waals surface area contributed by atoms with E-state index in [0.717, 1.165) is 0 Å². The van der Waals surface area contributed by atoms with Crippen LogP contribution in [0.2, 0.25) is 0 Å². The van der Waals surface area contributed by atoms with Crippen LogP contribution in [0.1, 0.15) is 93.4 Å². The standard InChI is InChI=1S/C41H67NO15/c1-11-15-31(46)55-39-26(5)52-33(22-41(39,7)49)56-36-25(4)53-40(35(48)34(36)42(8)9)57-37-28(18-19-43)20-23(2)29(45)17-14-12-13-16-24(3)51-32(47)21-30(38(37)50-10)54-27(6)44/h12-14,17,19,23-26,28-30,33-40,45,48-49H,11,15-16,18,20-22H2,1-10H3/b13-12+,17-14-/t23-,24-,25-,26+,28+,29+,30-,33+,34-,35-,36-,37+,38+,39+,40+,41-/m1/s1. The number of methoxy groups -OCH3 is 1. The number of likely N-dealkylation sites (N-methyl/N-ethyl adjacent to an activating group) is 1. The van der Waals surface area contributed by atoms with Crippen molar-refractivity contribution in [2.24, 2.45) is 11.8 Å². The van der Waals surface area contributed by atoms with Crippen LogP contribution in [-0.4, -0.2) is 151 Å². The predicted molar refractivity (Wildman–Crippen MR) is 205 cm³/mol. The molecule has 0 aromatic carbocycles. The van der Waals surface area contributed by atoms with E-state index in [2.05, 4.69) is 0 Å². The van der Waals surface area contributed by atoms with E-state index in [0.29, 0.717) is 19.1 Å². The number of carbonyl (C=O) groups excluding carboxylic acids is 4. The second kappa shape index (κ2) is 22.5. The lowest BCUT2D eigenvalue weighted by atomic mass is 9.82. The summed E-state index contributed by atoms with van der Waals surface area (Å²) in [4.78, 5) is 52.0. The highest BCUT2D eigenvalue weighted by atomic mass is 16.7. The van der Waals surface area contributed by atoms with Crippen LogP contribution in [0.4, 0.5) is 0 Å². The molecule has 0 radical (unpaired) electrons. The number of rotatable bonds is 12. The maximum Gasteiger partial charge on any atom is 0.309 e. The molecular weight excluding hydrogens is 746 g/mol. The van der Waals surface area contributed by atoms with Gasteiger partial charge in [0.1, 0.15) is 42.4 Å². The van der Waals surface area contributed by atoms with Crippen LogP contribution in [0, 0.1) is 11.8 Å². The Kier molecular flexibility index (Phi) is 19.2. The van der Waals surface area contributed by atoms with Gasteiger partial charge in [-0.05, 0) is 66.5 Å². The Labute approximate surface area is 337 Å². The Balaban J connectivity index is 1.99. The number of hydrogen-bond donors (Lipinski definition) is 3.